The van der Waals surface area contributed by atoms with E-state index in [0.29, 0.717) is 72.6 Å². The van der Waals surface area contributed by atoms with E-state index in [1.807, 2.05) is 0 Å². The van der Waals surface area contributed by atoms with Crippen LogP contribution in [0.3, 0.4) is 0 Å². The van der Waals surface area contributed by atoms with Crippen molar-refractivity contribution in [2.24, 2.45) is 0 Å². The van der Waals surface area contributed by atoms with Gasteiger partial charge in [0.1, 0.15) is 5.69 Å². The molecule has 0 spiro atoms. The molecule has 1 rings (SSSR count). The number of nitro groups is 2. The third-order valence-electron chi connectivity index (χ3n) is 3.67. The molecule has 174 valence electrons. The first-order valence-corrected chi connectivity index (χ1v) is 9.72. The minimum absolute atomic E-state index is 0.195. The topological polar surface area (TPSA) is 144 Å². The van der Waals surface area contributed by atoms with E-state index in [1.165, 1.54) is 12.1 Å². The maximum atomic E-state index is 11.0. The SMILES string of the molecule is C=CCOCCOCCOCCOCCOCCNc1ccc([N+](=O)[O-])cc1[N+](=O)[O-]. The fourth-order valence-electron chi connectivity index (χ4n) is 2.24. The van der Waals surface area contributed by atoms with Crippen LogP contribution in [0, 0.1) is 20.2 Å². The van der Waals surface area contributed by atoms with Gasteiger partial charge in [-0.15, -0.1) is 6.58 Å². The van der Waals surface area contributed by atoms with E-state index in [0.717, 1.165) is 6.07 Å². The predicted octanol–water partition coefficient (Wildman–Crippen LogP) is 2.18. The van der Waals surface area contributed by atoms with Crippen molar-refractivity contribution in [2.75, 3.05) is 77.9 Å². The monoisotopic (exact) mass is 443 g/mol. The number of ether oxygens (including phenoxy) is 5. The van der Waals surface area contributed by atoms with Crippen LogP contribution >= 0.6 is 0 Å². The third-order valence-corrected chi connectivity index (χ3v) is 3.67. The second-order valence-electron chi connectivity index (χ2n) is 5.96. The Hall–Kier alpha value is -2.64. The molecule has 0 saturated carbocycles. The molecular formula is C19H29N3O9. The maximum Gasteiger partial charge on any atom is 0.299 e. The molecule has 0 aliphatic heterocycles. The fraction of sp³-hybridized carbons (Fsp3) is 0.579. The highest BCUT2D eigenvalue weighted by atomic mass is 16.6. The van der Waals surface area contributed by atoms with Crippen molar-refractivity contribution >= 4 is 17.1 Å². The van der Waals surface area contributed by atoms with Crippen molar-refractivity contribution in [2.45, 2.75) is 0 Å². The van der Waals surface area contributed by atoms with Gasteiger partial charge in [0.25, 0.3) is 11.4 Å². The zero-order chi connectivity index (χ0) is 22.7. The molecule has 0 heterocycles. The normalized spacial score (nSPS) is 10.7. The Bertz CT molecular complexity index is 673. The van der Waals surface area contributed by atoms with Gasteiger partial charge in [-0.2, -0.15) is 0 Å². The molecule has 1 N–H and O–H groups in total. The van der Waals surface area contributed by atoms with Crippen LogP contribution < -0.4 is 5.32 Å². The molecule has 0 atom stereocenters. The summed E-state index contributed by atoms with van der Waals surface area (Å²) in [6, 6.07) is 3.43. The van der Waals surface area contributed by atoms with Crippen LogP contribution in [0.2, 0.25) is 0 Å². The number of nitro benzene ring substituents is 2. The Labute approximate surface area is 180 Å². The molecule has 1 aromatic carbocycles. The van der Waals surface area contributed by atoms with Crippen LogP contribution in [0.4, 0.5) is 17.1 Å². The molecule has 31 heavy (non-hydrogen) atoms. The van der Waals surface area contributed by atoms with Crippen LogP contribution in [0.25, 0.3) is 0 Å². The Balaban J connectivity index is 1.98. The minimum Gasteiger partial charge on any atom is -0.377 e. The number of rotatable bonds is 20. The summed E-state index contributed by atoms with van der Waals surface area (Å²) in [6.07, 6.45) is 1.68. The summed E-state index contributed by atoms with van der Waals surface area (Å²) in [7, 11) is 0. The Morgan fingerprint density at radius 2 is 1.32 bits per heavy atom. The molecule has 1 aromatic rings. The molecule has 0 aliphatic rings. The first kappa shape index (κ1) is 26.4. The molecule has 12 nitrogen and oxygen atoms in total. The second kappa shape index (κ2) is 17.1. The summed E-state index contributed by atoms with van der Waals surface area (Å²) in [5, 5.41) is 24.6. The zero-order valence-electron chi connectivity index (χ0n) is 17.4. The first-order valence-electron chi connectivity index (χ1n) is 9.72. The van der Waals surface area contributed by atoms with E-state index >= 15 is 0 Å². The minimum atomic E-state index is -0.680. The van der Waals surface area contributed by atoms with Gasteiger partial charge in [0.2, 0.25) is 0 Å². The Morgan fingerprint density at radius 1 is 0.806 bits per heavy atom. The van der Waals surface area contributed by atoms with Crippen LogP contribution in [0.1, 0.15) is 0 Å². The van der Waals surface area contributed by atoms with E-state index < -0.39 is 9.85 Å². The molecule has 0 radical (unpaired) electrons. The van der Waals surface area contributed by atoms with Crippen molar-refractivity contribution < 1.29 is 33.5 Å². The van der Waals surface area contributed by atoms with Gasteiger partial charge in [0.05, 0.1) is 82.0 Å². The summed E-state index contributed by atoms with van der Waals surface area (Å²) in [6.45, 7) is 8.28. The predicted molar refractivity (Wildman–Crippen MR) is 113 cm³/mol. The second-order valence-corrected chi connectivity index (χ2v) is 5.96. The largest absolute Gasteiger partial charge is 0.377 e. The van der Waals surface area contributed by atoms with Crippen LogP contribution in [-0.4, -0.2) is 82.5 Å². The zero-order valence-corrected chi connectivity index (χ0v) is 17.4. The Kier molecular flexibility index (Phi) is 14.5. The van der Waals surface area contributed by atoms with Gasteiger partial charge in [0, 0.05) is 12.6 Å². The van der Waals surface area contributed by atoms with E-state index in [4.69, 9.17) is 23.7 Å². The molecule has 0 aromatic heterocycles. The summed E-state index contributed by atoms with van der Waals surface area (Å²) in [5.74, 6) is 0. The first-order chi connectivity index (χ1) is 15.1. The van der Waals surface area contributed by atoms with Crippen LogP contribution in [0.15, 0.2) is 30.9 Å². The van der Waals surface area contributed by atoms with Crippen molar-refractivity contribution in [3.05, 3.63) is 51.1 Å². The number of anilines is 1. The fourth-order valence-corrected chi connectivity index (χ4v) is 2.24. The molecular weight excluding hydrogens is 414 g/mol. The highest BCUT2D eigenvalue weighted by Gasteiger charge is 2.18. The lowest BCUT2D eigenvalue weighted by Crippen LogP contribution is -2.15. The molecule has 0 aliphatic carbocycles. The summed E-state index contributed by atoms with van der Waals surface area (Å²) < 4.78 is 26.6. The molecule has 0 bridgehead atoms. The molecule has 0 unspecified atom stereocenters. The standard InChI is InChI=1S/C19H29N3O9/c1-2-6-27-8-10-29-12-14-31-15-13-30-11-9-28-7-5-20-18-4-3-17(21(23)24)16-19(18)22(25)26/h2-4,16,20H,1,5-15H2. The number of hydrogen-bond acceptors (Lipinski definition) is 10. The van der Waals surface area contributed by atoms with Crippen LogP contribution in [-0.2, 0) is 23.7 Å². The number of nitrogens with one attached hydrogen (secondary N) is 1. The number of nitrogens with zero attached hydrogens (tertiary/aromatic N) is 2. The lowest BCUT2D eigenvalue weighted by molar-refractivity contribution is -0.393. The average Bonchev–Trinajstić information content (AvgIpc) is 2.75. The van der Waals surface area contributed by atoms with Crippen molar-refractivity contribution in [1.29, 1.82) is 0 Å². The number of hydrogen-bond donors (Lipinski definition) is 1. The number of non-ortho nitro benzene ring substituents is 1. The average molecular weight is 443 g/mol. The molecule has 0 fully saturated rings. The maximum absolute atomic E-state index is 11.0. The summed E-state index contributed by atoms with van der Waals surface area (Å²) in [4.78, 5) is 20.4. The van der Waals surface area contributed by atoms with Gasteiger partial charge >= 0.3 is 0 Å². The van der Waals surface area contributed by atoms with Gasteiger partial charge in [-0.3, -0.25) is 20.2 Å². The lowest BCUT2D eigenvalue weighted by atomic mass is 10.2. The quantitative estimate of drug-likeness (QED) is 0.138. The van der Waals surface area contributed by atoms with Gasteiger partial charge in [-0.1, -0.05) is 6.08 Å². The molecule has 0 amide bonds. The van der Waals surface area contributed by atoms with Crippen molar-refractivity contribution in [3.8, 4) is 0 Å². The summed E-state index contributed by atoms with van der Waals surface area (Å²) in [5.41, 5.74) is -0.499. The lowest BCUT2D eigenvalue weighted by Gasteiger charge is -2.09. The highest BCUT2D eigenvalue weighted by molar-refractivity contribution is 5.65. The van der Waals surface area contributed by atoms with Gasteiger partial charge in [-0.25, -0.2) is 0 Å². The van der Waals surface area contributed by atoms with Crippen LogP contribution in [0.5, 0.6) is 0 Å². The van der Waals surface area contributed by atoms with E-state index in [-0.39, 0.29) is 17.1 Å². The van der Waals surface area contributed by atoms with Gasteiger partial charge in [0.15, 0.2) is 0 Å². The third kappa shape index (κ3) is 12.6. The van der Waals surface area contributed by atoms with E-state index in [2.05, 4.69) is 11.9 Å². The van der Waals surface area contributed by atoms with Crippen molar-refractivity contribution in [3.63, 3.8) is 0 Å². The van der Waals surface area contributed by atoms with E-state index in [1.54, 1.807) is 6.08 Å². The van der Waals surface area contributed by atoms with Crippen molar-refractivity contribution in [1.82, 2.24) is 0 Å². The number of benzene rings is 1. The molecule has 12 heteroatoms. The Morgan fingerprint density at radius 3 is 1.81 bits per heavy atom. The van der Waals surface area contributed by atoms with Gasteiger partial charge in [-0.05, 0) is 6.07 Å². The summed E-state index contributed by atoms with van der Waals surface area (Å²) >= 11 is 0. The molecule has 0 saturated heterocycles. The van der Waals surface area contributed by atoms with E-state index in [9.17, 15) is 20.2 Å². The van der Waals surface area contributed by atoms with Gasteiger partial charge < -0.3 is 29.0 Å². The highest BCUT2D eigenvalue weighted by Crippen LogP contribution is 2.28. The smallest absolute Gasteiger partial charge is 0.299 e.